The second-order valence-electron chi connectivity index (χ2n) is 8.25. The van der Waals surface area contributed by atoms with E-state index in [0.29, 0.717) is 52.4 Å². The molecular weight excluding hydrogens is 372 g/mol. The minimum Gasteiger partial charge on any atom is -0.384 e. The fraction of sp³-hybridized carbons (Fsp3) is 0.667. The molecular formula is C21H30N4O4. The largest absolute Gasteiger partial charge is 0.384 e. The number of carbonyl (C=O) groups excluding carboxylic acids is 2. The average Bonchev–Trinajstić information content (AvgIpc) is 3.31. The first-order chi connectivity index (χ1) is 14.1. The number of carbonyl (C=O) groups is 2. The summed E-state index contributed by atoms with van der Waals surface area (Å²) in [5, 5.41) is 0. The SMILES string of the molecule is COCCC(=O)N1CCC(N2C(=O)N(Cc3cccnc3)CC23CCOC3)CC1. The molecule has 0 aliphatic carbocycles. The van der Waals surface area contributed by atoms with Crippen molar-refractivity contribution in [3.63, 3.8) is 0 Å². The van der Waals surface area contributed by atoms with E-state index in [1.54, 1.807) is 13.3 Å². The number of piperidine rings is 1. The Morgan fingerprint density at radius 2 is 2.21 bits per heavy atom. The van der Waals surface area contributed by atoms with Crippen LogP contribution in [0.25, 0.3) is 0 Å². The van der Waals surface area contributed by atoms with E-state index >= 15 is 0 Å². The van der Waals surface area contributed by atoms with Gasteiger partial charge in [0.25, 0.3) is 0 Å². The fourth-order valence-corrected chi connectivity index (χ4v) is 4.87. The van der Waals surface area contributed by atoms with Crippen LogP contribution in [-0.2, 0) is 20.8 Å². The van der Waals surface area contributed by atoms with E-state index in [0.717, 1.165) is 24.8 Å². The maximum absolute atomic E-state index is 13.4. The van der Waals surface area contributed by atoms with Crippen LogP contribution in [-0.4, -0.2) is 89.8 Å². The Balaban J connectivity index is 1.44. The van der Waals surface area contributed by atoms with E-state index < -0.39 is 0 Å². The summed E-state index contributed by atoms with van der Waals surface area (Å²) >= 11 is 0. The van der Waals surface area contributed by atoms with Gasteiger partial charge in [0.2, 0.25) is 5.91 Å². The van der Waals surface area contributed by atoms with Crippen molar-refractivity contribution in [3.8, 4) is 0 Å². The Bertz CT molecular complexity index is 715. The van der Waals surface area contributed by atoms with Crippen LogP contribution in [0.2, 0.25) is 0 Å². The summed E-state index contributed by atoms with van der Waals surface area (Å²) in [6.45, 7) is 4.38. The number of pyridine rings is 1. The van der Waals surface area contributed by atoms with E-state index in [1.165, 1.54) is 0 Å². The van der Waals surface area contributed by atoms with Crippen LogP contribution >= 0.6 is 0 Å². The molecule has 3 amide bonds. The van der Waals surface area contributed by atoms with Gasteiger partial charge in [-0.1, -0.05) is 6.07 Å². The van der Waals surface area contributed by atoms with Crippen molar-refractivity contribution in [2.75, 3.05) is 46.6 Å². The van der Waals surface area contributed by atoms with Crippen LogP contribution in [0.15, 0.2) is 24.5 Å². The number of methoxy groups -OCH3 is 1. The molecule has 1 unspecified atom stereocenters. The van der Waals surface area contributed by atoms with Gasteiger partial charge in [0, 0.05) is 58.3 Å². The molecule has 1 atom stereocenters. The summed E-state index contributed by atoms with van der Waals surface area (Å²) in [5.41, 5.74) is 0.793. The smallest absolute Gasteiger partial charge is 0.321 e. The number of rotatable bonds is 6. The van der Waals surface area contributed by atoms with Crippen LogP contribution in [0.1, 0.15) is 31.2 Å². The first-order valence-electron chi connectivity index (χ1n) is 10.4. The molecule has 0 saturated carbocycles. The van der Waals surface area contributed by atoms with Crippen molar-refractivity contribution < 1.29 is 19.1 Å². The third-order valence-electron chi connectivity index (χ3n) is 6.35. The van der Waals surface area contributed by atoms with E-state index in [2.05, 4.69) is 9.88 Å². The van der Waals surface area contributed by atoms with Crippen molar-refractivity contribution >= 4 is 11.9 Å². The summed E-state index contributed by atoms with van der Waals surface area (Å²) in [6.07, 6.45) is 6.48. The van der Waals surface area contributed by atoms with E-state index in [4.69, 9.17) is 9.47 Å². The van der Waals surface area contributed by atoms with Crippen molar-refractivity contribution in [1.29, 1.82) is 0 Å². The lowest BCUT2D eigenvalue weighted by molar-refractivity contribution is -0.133. The summed E-state index contributed by atoms with van der Waals surface area (Å²) < 4.78 is 10.8. The van der Waals surface area contributed by atoms with Crippen LogP contribution < -0.4 is 0 Å². The lowest BCUT2D eigenvalue weighted by Gasteiger charge is -2.42. The van der Waals surface area contributed by atoms with Gasteiger partial charge in [0.1, 0.15) is 0 Å². The van der Waals surface area contributed by atoms with Gasteiger partial charge in [0.05, 0.1) is 25.2 Å². The number of likely N-dealkylation sites (tertiary alicyclic amines) is 1. The molecule has 3 aliphatic rings. The molecule has 8 nitrogen and oxygen atoms in total. The van der Waals surface area contributed by atoms with Gasteiger partial charge in [-0.05, 0) is 30.9 Å². The Labute approximate surface area is 171 Å². The van der Waals surface area contributed by atoms with Gasteiger partial charge in [-0.2, -0.15) is 0 Å². The number of ether oxygens (including phenoxy) is 2. The molecule has 3 saturated heterocycles. The molecule has 1 spiro atoms. The lowest BCUT2D eigenvalue weighted by Crippen LogP contribution is -2.56. The Morgan fingerprint density at radius 3 is 2.86 bits per heavy atom. The molecule has 4 rings (SSSR count). The van der Waals surface area contributed by atoms with E-state index in [1.807, 2.05) is 28.1 Å². The highest BCUT2D eigenvalue weighted by atomic mass is 16.5. The zero-order valence-electron chi connectivity index (χ0n) is 17.1. The summed E-state index contributed by atoms with van der Waals surface area (Å²) in [5.74, 6) is 0.134. The van der Waals surface area contributed by atoms with E-state index in [-0.39, 0.29) is 23.5 Å². The molecule has 0 aromatic carbocycles. The van der Waals surface area contributed by atoms with Crippen LogP contribution in [0.5, 0.6) is 0 Å². The van der Waals surface area contributed by atoms with Crippen molar-refractivity contribution in [2.24, 2.45) is 0 Å². The van der Waals surface area contributed by atoms with Crippen molar-refractivity contribution in [1.82, 2.24) is 19.7 Å². The molecule has 158 valence electrons. The molecule has 0 bridgehead atoms. The topological polar surface area (TPSA) is 75.2 Å². The molecule has 1 aromatic rings. The maximum atomic E-state index is 13.4. The zero-order chi connectivity index (χ0) is 20.3. The number of amides is 3. The maximum Gasteiger partial charge on any atom is 0.321 e. The normalized spacial score (nSPS) is 25.4. The second-order valence-corrected chi connectivity index (χ2v) is 8.25. The molecule has 3 aliphatic heterocycles. The highest BCUT2D eigenvalue weighted by Gasteiger charge is 2.54. The summed E-state index contributed by atoms with van der Waals surface area (Å²) in [4.78, 5) is 35.8. The first-order valence-corrected chi connectivity index (χ1v) is 10.4. The first kappa shape index (κ1) is 20.1. The number of aromatic nitrogens is 1. The minimum absolute atomic E-state index is 0.0866. The molecule has 0 radical (unpaired) electrons. The number of hydrogen-bond acceptors (Lipinski definition) is 5. The predicted octanol–water partition coefficient (Wildman–Crippen LogP) is 1.51. The van der Waals surface area contributed by atoms with Gasteiger partial charge in [-0.15, -0.1) is 0 Å². The third kappa shape index (κ3) is 4.09. The number of hydrogen-bond donors (Lipinski definition) is 0. The summed E-state index contributed by atoms with van der Waals surface area (Å²) in [7, 11) is 1.61. The van der Waals surface area contributed by atoms with Gasteiger partial charge < -0.3 is 24.2 Å². The molecule has 8 heteroatoms. The summed E-state index contributed by atoms with van der Waals surface area (Å²) in [6, 6.07) is 4.14. The molecule has 4 heterocycles. The van der Waals surface area contributed by atoms with Gasteiger partial charge >= 0.3 is 6.03 Å². The van der Waals surface area contributed by atoms with Crippen LogP contribution in [0.3, 0.4) is 0 Å². The molecule has 29 heavy (non-hydrogen) atoms. The van der Waals surface area contributed by atoms with Gasteiger partial charge in [0.15, 0.2) is 0 Å². The highest BCUT2D eigenvalue weighted by Crippen LogP contribution is 2.38. The van der Waals surface area contributed by atoms with Crippen molar-refractivity contribution in [2.45, 2.75) is 43.8 Å². The minimum atomic E-state index is -0.244. The Morgan fingerprint density at radius 1 is 1.38 bits per heavy atom. The molecule has 0 N–H and O–H groups in total. The third-order valence-corrected chi connectivity index (χ3v) is 6.35. The quantitative estimate of drug-likeness (QED) is 0.721. The lowest BCUT2D eigenvalue weighted by atomic mass is 9.92. The molecule has 3 fully saturated rings. The Hall–Kier alpha value is -2.19. The average molecular weight is 402 g/mol. The predicted molar refractivity (Wildman–Crippen MR) is 106 cm³/mol. The van der Waals surface area contributed by atoms with Gasteiger partial charge in [-0.3, -0.25) is 9.78 Å². The Kier molecular flexibility index (Phi) is 6.01. The highest BCUT2D eigenvalue weighted by molar-refractivity contribution is 5.79. The molecule has 1 aromatic heterocycles. The number of urea groups is 1. The zero-order valence-corrected chi connectivity index (χ0v) is 17.1. The number of nitrogens with zero attached hydrogens (tertiary/aromatic N) is 4. The van der Waals surface area contributed by atoms with Crippen LogP contribution in [0.4, 0.5) is 4.79 Å². The standard InChI is InChI=1S/C21H30N4O4/c1-28-11-6-19(26)23-9-4-18(5-10-23)25-20(27)24(14-17-3-2-8-22-13-17)15-21(25)7-12-29-16-21/h2-3,8,13,18H,4-7,9-12,14-16H2,1H3. The van der Waals surface area contributed by atoms with E-state index in [9.17, 15) is 9.59 Å². The van der Waals surface area contributed by atoms with Crippen LogP contribution in [0, 0.1) is 0 Å². The monoisotopic (exact) mass is 402 g/mol. The second kappa shape index (κ2) is 8.67. The fourth-order valence-electron chi connectivity index (χ4n) is 4.87. The van der Waals surface area contributed by atoms with Gasteiger partial charge in [-0.25, -0.2) is 4.79 Å². The van der Waals surface area contributed by atoms with Crippen molar-refractivity contribution in [3.05, 3.63) is 30.1 Å².